The third kappa shape index (κ3) is 55.9. The highest BCUT2D eigenvalue weighted by Gasteiger charge is 2.29. The maximum absolute atomic E-state index is 12.8. The minimum atomic E-state index is -4.92. The second-order valence-corrected chi connectivity index (χ2v) is 21.9. The lowest BCUT2D eigenvalue weighted by Gasteiger charge is -2.21. The molecule has 0 saturated heterocycles. The van der Waals surface area contributed by atoms with Gasteiger partial charge in [-0.15, -0.1) is 0 Å². The SMILES string of the molecule is CC/C=C\C/C=C\C/C=C\C/C=C\C/C=C\CCCC(=O)OCC(O)COP(=O)(O)OCC(O)COP(=O)(O)OCC(COC(=O)CCCCCCC/C=C\C/C=C\C/C=C\CC)OC(=O)CCCCCCC/C=C\CCCC. The molecule has 452 valence electrons. The van der Waals surface area contributed by atoms with Gasteiger partial charge in [-0.1, -0.05) is 182 Å². The number of unbranched alkanes of at least 4 members (excludes halogenated alkanes) is 13. The van der Waals surface area contributed by atoms with E-state index in [2.05, 4.69) is 118 Å². The van der Waals surface area contributed by atoms with Crippen LogP contribution in [-0.2, 0) is 55.8 Å². The Kier molecular flexibility index (Phi) is 52.2. The summed E-state index contributed by atoms with van der Waals surface area (Å²) in [6.45, 7) is 2.25. The first-order valence-corrected chi connectivity index (χ1v) is 32.2. The van der Waals surface area contributed by atoms with Gasteiger partial charge in [0, 0.05) is 19.3 Å². The molecule has 0 aromatic heterocycles. The number of hydrogen-bond acceptors (Lipinski definition) is 14. The third-order valence-electron chi connectivity index (χ3n) is 11.5. The molecule has 0 spiro atoms. The molecule has 0 radical (unpaired) electrons. The minimum Gasteiger partial charge on any atom is -0.463 e. The fourth-order valence-electron chi connectivity index (χ4n) is 7.01. The van der Waals surface area contributed by atoms with E-state index in [9.17, 15) is 43.5 Å². The van der Waals surface area contributed by atoms with Gasteiger partial charge >= 0.3 is 33.6 Å². The van der Waals surface area contributed by atoms with Crippen molar-refractivity contribution in [3.05, 3.63) is 109 Å². The van der Waals surface area contributed by atoms with Crippen molar-refractivity contribution in [1.29, 1.82) is 0 Å². The molecular formula is C61H102O16P2. The van der Waals surface area contributed by atoms with Gasteiger partial charge in [0.2, 0.25) is 0 Å². The molecule has 16 nitrogen and oxygen atoms in total. The first-order valence-electron chi connectivity index (χ1n) is 29.2. The highest BCUT2D eigenvalue weighted by Crippen LogP contribution is 2.45. The number of phosphoric acid groups is 2. The standard InChI is InChI=1S/C61H102O16P2/c1-4-7-10-13-16-19-22-24-26-27-29-31-33-35-38-41-44-47-59(64)71-50-56(62)51-73-78(67,68)74-52-57(63)53-75-79(69,70)76-55-58(77-61(66)49-46-43-40-37-32-21-18-15-12-9-6-3)54-72-60(65)48-45-42-39-36-34-30-28-25-23-20-17-14-11-8-5-2/h7-8,10-11,15-20,24-26,28-29,31,35,38,56-58,62-63H,4-6,9,12-14,21-23,27,30,32-34,36-37,39-55H2,1-3H3,(H,67,68)(H,69,70)/b10-7-,11-8-,18-15-,19-16-,20-17-,26-24-,28-25-,31-29-,38-35-. The average Bonchev–Trinajstić information content (AvgIpc) is 3.42. The number of ether oxygens (including phenoxy) is 3. The second-order valence-electron chi connectivity index (χ2n) is 19.0. The summed E-state index contributed by atoms with van der Waals surface area (Å²) in [5.74, 6) is -1.67. The van der Waals surface area contributed by atoms with E-state index < -0.39 is 91.5 Å². The lowest BCUT2D eigenvalue weighted by atomic mass is 10.1. The van der Waals surface area contributed by atoms with Crippen LogP contribution < -0.4 is 0 Å². The Bertz CT molecular complexity index is 1890. The van der Waals surface area contributed by atoms with E-state index in [1.807, 2.05) is 12.2 Å². The molecule has 0 amide bonds. The van der Waals surface area contributed by atoms with Crippen molar-refractivity contribution in [2.45, 2.75) is 219 Å². The molecule has 0 aliphatic heterocycles. The van der Waals surface area contributed by atoms with Crippen LogP contribution in [0.3, 0.4) is 0 Å². The maximum atomic E-state index is 12.8. The summed E-state index contributed by atoms with van der Waals surface area (Å²) in [5.41, 5.74) is 0. The molecule has 0 bridgehead atoms. The summed E-state index contributed by atoms with van der Waals surface area (Å²) in [7, 11) is -9.78. The minimum absolute atomic E-state index is 0.0862. The summed E-state index contributed by atoms with van der Waals surface area (Å²) in [5, 5.41) is 20.4. The van der Waals surface area contributed by atoms with E-state index >= 15 is 0 Å². The largest absolute Gasteiger partial charge is 0.472 e. The summed E-state index contributed by atoms with van der Waals surface area (Å²) in [6.07, 6.45) is 57.5. The fraction of sp³-hybridized carbons (Fsp3) is 0.656. The average molecular weight is 1150 g/mol. The first kappa shape index (κ1) is 75.2. The molecule has 0 aromatic rings. The zero-order valence-electron chi connectivity index (χ0n) is 48.2. The molecule has 0 heterocycles. The lowest BCUT2D eigenvalue weighted by Crippen LogP contribution is -2.30. The van der Waals surface area contributed by atoms with Gasteiger partial charge in [0.1, 0.15) is 25.4 Å². The van der Waals surface area contributed by atoms with Gasteiger partial charge < -0.3 is 34.2 Å². The van der Waals surface area contributed by atoms with E-state index in [4.69, 9.17) is 32.3 Å². The van der Waals surface area contributed by atoms with Crippen LogP contribution in [0.15, 0.2) is 109 Å². The molecule has 4 N–H and O–H groups in total. The van der Waals surface area contributed by atoms with Gasteiger partial charge in [-0.25, -0.2) is 9.13 Å². The Labute approximate surface area is 475 Å². The number of phosphoric ester groups is 2. The van der Waals surface area contributed by atoms with Crippen molar-refractivity contribution in [3.8, 4) is 0 Å². The normalized spacial score (nSPS) is 15.3. The van der Waals surface area contributed by atoms with Crippen molar-refractivity contribution >= 4 is 33.6 Å². The van der Waals surface area contributed by atoms with Crippen molar-refractivity contribution in [2.24, 2.45) is 0 Å². The Morgan fingerprint density at radius 2 is 0.684 bits per heavy atom. The van der Waals surface area contributed by atoms with Crippen molar-refractivity contribution < 1.29 is 75.8 Å². The molecular weight excluding hydrogens is 1050 g/mol. The van der Waals surface area contributed by atoms with E-state index in [1.165, 1.54) is 12.8 Å². The molecule has 0 aliphatic rings. The van der Waals surface area contributed by atoms with Crippen LogP contribution in [0.25, 0.3) is 0 Å². The van der Waals surface area contributed by atoms with Crippen LogP contribution in [0.1, 0.15) is 201 Å². The molecule has 18 heteroatoms. The van der Waals surface area contributed by atoms with Crippen molar-refractivity contribution in [3.63, 3.8) is 0 Å². The van der Waals surface area contributed by atoms with E-state index in [0.29, 0.717) is 25.7 Å². The van der Waals surface area contributed by atoms with Gasteiger partial charge in [0.25, 0.3) is 0 Å². The lowest BCUT2D eigenvalue weighted by molar-refractivity contribution is -0.161. The number of rotatable bonds is 54. The Morgan fingerprint density at radius 1 is 0.367 bits per heavy atom. The number of carbonyl (C=O) groups is 3. The predicted molar refractivity (Wildman–Crippen MR) is 316 cm³/mol. The number of allylic oxidation sites excluding steroid dienone is 18. The molecule has 0 aromatic carbocycles. The molecule has 79 heavy (non-hydrogen) atoms. The van der Waals surface area contributed by atoms with Crippen LogP contribution in [0.5, 0.6) is 0 Å². The highest BCUT2D eigenvalue weighted by molar-refractivity contribution is 7.47. The Hall–Kier alpha value is -3.79. The van der Waals surface area contributed by atoms with Crippen LogP contribution in [0.2, 0.25) is 0 Å². The van der Waals surface area contributed by atoms with Gasteiger partial charge in [-0.2, -0.15) is 0 Å². The molecule has 5 atom stereocenters. The monoisotopic (exact) mass is 1150 g/mol. The molecule has 5 unspecified atom stereocenters. The van der Waals surface area contributed by atoms with Crippen molar-refractivity contribution in [1.82, 2.24) is 0 Å². The predicted octanol–water partition coefficient (Wildman–Crippen LogP) is 15.0. The van der Waals surface area contributed by atoms with Gasteiger partial charge in [-0.05, 0) is 109 Å². The highest BCUT2D eigenvalue weighted by atomic mass is 31.2. The van der Waals surface area contributed by atoms with Gasteiger partial charge in [0.15, 0.2) is 6.10 Å². The molecule has 0 saturated carbocycles. The van der Waals surface area contributed by atoms with Crippen LogP contribution in [-0.4, -0.2) is 95.9 Å². The van der Waals surface area contributed by atoms with Gasteiger partial charge in [0.05, 0.1) is 26.4 Å². The summed E-state index contributed by atoms with van der Waals surface area (Å²) in [6, 6.07) is 0. The Balaban J connectivity index is 4.72. The first-order chi connectivity index (χ1) is 38.2. The topological polar surface area (TPSA) is 231 Å². The fourth-order valence-corrected chi connectivity index (χ4v) is 8.59. The number of aliphatic hydroxyl groups is 2. The van der Waals surface area contributed by atoms with Crippen molar-refractivity contribution in [2.75, 3.05) is 39.6 Å². The van der Waals surface area contributed by atoms with Crippen LogP contribution >= 0.6 is 15.6 Å². The zero-order chi connectivity index (χ0) is 58.2. The Morgan fingerprint density at radius 3 is 1.13 bits per heavy atom. The zero-order valence-corrected chi connectivity index (χ0v) is 50.0. The summed E-state index contributed by atoms with van der Waals surface area (Å²) < 4.78 is 60.4. The van der Waals surface area contributed by atoms with Crippen LogP contribution in [0.4, 0.5) is 0 Å². The number of hydrogen-bond donors (Lipinski definition) is 4. The van der Waals surface area contributed by atoms with Crippen LogP contribution in [0, 0.1) is 0 Å². The second kappa shape index (κ2) is 54.8. The van der Waals surface area contributed by atoms with E-state index in [1.54, 1.807) is 0 Å². The summed E-state index contributed by atoms with van der Waals surface area (Å²) >= 11 is 0. The van der Waals surface area contributed by atoms with Gasteiger partial charge in [-0.3, -0.25) is 32.5 Å². The third-order valence-corrected chi connectivity index (χ3v) is 13.4. The van der Waals surface area contributed by atoms with E-state index in [0.717, 1.165) is 122 Å². The molecule has 0 fully saturated rings. The summed E-state index contributed by atoms with van der Waals surface area (Å²) in [4.78, 5) is 58.0. The maximum Gasteiger partial charge on any atom is 0.472 e. The number of carbonyl (C=O) groups excluding carboxylic acids is 3. The quantitative estimate of drug-likeness (QED) is 0.0146. The molecule has 0 aliphatic carbocycles. The number of aliphatic hydroxyl groups excluding tert-OH is 2. The smallest absolute Gasteiger partial charge is 0.463 e. The molecule has 0 rings (SSSR count). The number of esters is 3. The van der Waals surface area contributed by atoms with E-state index in [-0.39, 0.29) is 19.3 Å².